The summed E-state index contributed by atoms with van der Waals surface area (Å²) >= 11 is 2.24. The lowest BCUT2D eigenvalue weighted by atomic mass is 10.2. The number of carbonyl (C=O) groups is 1. The molecular formula is C19H17FIN3O2. The third-order valence-corrected chi connectivity index (χ3v) is 4.50. The van der Waals surface area contributed by atoms with Crippen LogP contribution < -0.4 is 5.32 Å². The molecule has 134 valence electrons. The Kier molecular flexibility index (Phi) is 5.97. The topological polar surface area (TPSA) is 68.0 Å². The highest BCUT2D eigenvalue weighted by Gasteiger charge is 2.10. The number of hydrogen-bond acceptors (Lipinski definition) is 4. The van der Waals surface area contributed by atoms with E-state index in [-0.39, 0.29) is 11.7 Å². The Morgan fingerprint density at radius 2 is 2.00 bits per heavy atom. The van der Waals surface area contributed by atoms with Crippen molar-refractivity contribution in [3.63, 3.8) is 0 Å². The molecule has 0 aliphatic carbocycles. The molecule has 0 spiro atoms. The van der Waals surface area contributed by atoms with Crippen LogP contribution >= 0.6 is 22.6 Å². The van der Waals surface area contributed by atoms with Gasteiger partial charge >= 0.3 is 0 Å². The number of nitrogens with zero attached hydrogens (tertiary/aromatic N) is 2. The molecule has 26 heavy (non-hydrogen) atoms. The molecule has 0 unspecified atom stereocenters. The first-order valence-electron chi connectivity index (χ1n) is 8.16. The number of aryl methyl sites for hydroxylation is 2. The maximum absolute atomic E-state index is 12.9. The van der Waals surface area contributed by atoms with Crippen molar-refractivity contribution in [1.82, 2.24) is 10.1 Å². The molecule has 0 aliphatic heterocycles. The van der Waals surface area contributed by atoms with Crippen molar-refractivity contribution in [1.29, 1.82) is 0 Å². The average Bonchev–Trinajstić information content (AvgIpc) is 3.07. The Morgan fingerprint density at radius 3 is 2.73 bits per heavy atom. The fourth-order valence-electron chi connectivity index (χ4n) is 2.45. The summed E-state index contributed by atoms with van der Waals surface area (Å²) in [5.41, 5.74) is 2.55. The largest absolute Gasteiger partial charge is 0.339 e. The van der Waals surface area contributed by atoms with Crippen molar-refractivity contribution in [2.45, 2.75) is 26.2 Å². The van der Waals surface area contributed by atoms with Crippen LogP contribution in [-0.2, 0) is 11.2 Å². The van der Waals surface area contributed by atoms with Crippen LogP contribution in [0.5, 0.6) is 0 Å². The van der Waals surface area contributed by atoms with Gasteiger partial charge in [0.05, 0.1) is 0 Å². The summed E-state index contributed by atoms with van der Waals surface area (Å²) in [6.07, 6.45) is 1.47. The van der Waals surface area contributed by atoms with E-state index in [1.54, 1.807) is 12.1 Å². The van der Waals surface area contributed by atoms with Gasteiger partial charge in [0, 0.05) is 27.7 Å². The van der Waals surface area contributed by atoms with Gasteiger partial charge in [-0.2, -0.15) is 4.98 Å². The lowest BCUT2D eigenvalue weighted by Crippen LogP contribution is -2.12. The van der Waals surface area contributed by atoms with Crippen LogP contribution in [0.2, 0.25) is 0 Å². The van der Waals surface area contributed by atoms with Gasteiger partial charge in [-0.15, -0.1) is 0 Å². The van der Waals surface area contributed by atoms with E-state index < -0.39 is 0 Å². The van der Waals surface area contributed by atoms with Crippen LogP contribution in [0.15, 0.2) is 47.0 Å². The van der Waals surface area contributed by atoms with E-state index in [1.807, 2.05) is 25.1 Å². The fourth-order valence-corrected chi connectivity index (χ4v) is 3.10. The summed E-state index contributed by atoms with van der Waals surface area (Å²) in [5.74, 6) is 0.515. The lowest BCUT2D eigenvalue weighted by molar-refractivity contribution is -0.116. The van der Waals surface area contributed by atoms with Crippen molar-refractivity contribution < 1.29 is 13.7 Å². The summed E-state index contributed by atoms with van der Waals surface area (Å²) in [6.45, 7) is 1.97. The summed E-state index contributed by atoms with van der Waals surface area (Å²) in [7, 11) is 0. The first-order chi connectivity index (χ1) is 12.5. The Bertz CT molecular complexity index is 909. The van der Waals surface area contributed by atoms with Crippen LogP contribution in [0, 0.1) is 16.3 Å². The molecule has 1 heterocycles. The fraction of sp³-hybridized carbons (Fsp3) is 0.211. The van der Waals surface area contributed by atoms with Crippen molar-refractivity contribution in [2.24, 2.45) is 0 Å². The minimum Gasteiger partial charge on any atom is -0.339 e. The van der Waals surface area contributed by atoms with Crippen molar-refractivity contribution in [3.8, 4) is 11.4 Å². The van der Waals surface area contributed by atoms with E-state index in [2.05, 4.69) is 38.0 Å². The quantitative estimate of drug-likeness (QED) is 0.534. The van der Waals surface area contributed by atoms with Gasteiger partial charge in [-0.3, -0.25) is 4.79 Å². The van der Waals surface area contributed by atoms with E-state index >= 15 is 0 Å². The van der Waals surface area contributed by atoms with Crippen LogP contribution in [0.1, 0.15) is 24.3 Å². The van der Waals surface area contributed by atoms with Crippen LogP contribution in [0.3, 0.4) is 0 Å². The Morgan fingerprint density at radius 1 is 1.23 bits per heavy atom. The molecule has 0 radical (unpaired) electrons. The average molecular weight is 465 g/mol. The van der Waals surface area contributed by atoms with E-state index in [1.165, 1.54) is 12.1 Å². The number of benzene rings is 2. The minimum atomic E-state index is -0.313. The van der Waals surface area contributed by atoms with E-state index in [9.17, 15) is 9.18 Å². The Labute approximate surface area is 164 Å². The molecule has 7 heteroatoms. The van der Waals surface area contributed by atoms with Crippen LogP contribution in [-0.4, -0.2) is 16.0 Å². The second-order valence-corrected chi connectivity index (χ2v) is 7.13. The molecule has 2 aromatic carbocycles. The number of nitrogens with one attached hydrogen (secondary N) is 1. The van der Waals surface area contributed by atoms with Gasteiger partial charge in [0.2, 0.25) is 17.6 Å². The zero-order valence-corrected chi connectivity index (χ0v) is 16.3. The van der Waals surface area contributed by atoms with Gasteiger partial charge in [-0.25, -0.2) is 4.39 Å². The van der Waals surface area contributed by atoms with Crippen LogP contribution in [0.25, 0.3) is 11.4 Å². The van der Waals surface area contributed by atoms with Gasteiger partial charge in [0.1, 0.15) is 5.82 Å². The molecule has 1 amide bonds. The van der Waals surface area contributed by atoms with Gasteiger partial charge < -0.3 is 9.84 Å². The van der Waals surface area contributed by atoms with Gasteiger partial charge in [-0.05, 0) is 84.0 Å². The predicted molar refractivity (Wildman–Crippen MR) is 105 cm³/mol. The standard InChI is InChI=1S/C19H17FIN3O2/c1-12-11-15(21)9-10-16(12)22-17(25)3-2-4-18-23-19(24-26-18)13-5-7-14(20)8-6-13/h5-11H,2-4H2,1H3,(H,22,25). The molecule has 0 atom stereocenters. The molecule has 0 bridgehead atoms. The summed E-state index contributed by atoms with van der Waals surface area (Å²) in [5, 5.41) is 6.81. The second-order valence-electron chi connectivity index (χ2n) is 5.88. The lowest BCUT2D eigenvalue weighted by Gasteiger charge is -2.08. The minimum absolute atomic E-state index is 0.0485. The Hall–Kier alpha value is -2.29. The van der Waals surface area contributed by atoms with Crippen molar-refractivity contribution in [2.75, 3.05) is 5.32 Å². The molecule has 5 nitrogen and oxygen atoms in total. The number of hydrogen-bond donors (Lipinski definition) is 1. The van der Waals surface area contributed by atoms with E-state index in [0.29, 0.717) is 36.5 Å². The summed E-state index contributed by atoms with van der Waals surface area (Å²) < 4.78 is 19.3. The SMILES string of the molecule is Cc1cc(I)ccc1NC(=O)CCCc1nc(-c2ccc(F)cc2)no1. The van der Waals surface area contributed by atoms with Crippen molar-refractivity contribution in [3.05, 3.63) is 63.3 Å². The summed E-state index contributed by atoms with van der Waals surface area (Å²) in [6, 6.07) is 11.8. The van der Waals surface area contributed by atoms with Crippen molar-refractivity contribution >= 4 is 34.2 Å². The number of aromatic nitrogens is 2. The molecule has 1 aromatic heterocycles. The highest BCUT2D eigenvalue weighted by atomic mass is 127. The molecule has 0 saturated heterocycles. The van der Waals surface area contributed by atoms with Gasteiger partial charge in [0.25, 0.3) is 0 Å². The third-order valence-electron chi connectivity index (χ3n) is 3.83. The Balaban J connectivity index is 1.50. The number of rotatable bonds is 6. The number of anilines is 1. The molecule has 0 aliphatic rings. The second kappa shape index (κ2) is 8.39. The molecule has 0 saturated carbocycles. The van der Waals surface area contributed by atoms with E-state index in [0.717, 1.165) is 14.8 Å². The zero-order valence-electron chi connectivity index (χ0n) is 14.1. The predicted octanol–water partition coefficient (Wildman–Crippen LogP) is 4.75. The maximum atomic E-state index is 12.9. The highest BCUT2D eigenvalue weighted by Crippen LogP contribution is 2.19. The smallest absolute Gasteiger partial charge is 0.226 e. The van der Waals surface area contributed by atoms with Gasteiger partial charge in [0.15, 0.2) is 0 Å². The van der Waals surface area contributed by atoms with Crippen LogP contribution in [0.4, 0.5) is 10.1 Å². The summed E-state index contributed by atoms with van der Waals surface area (Å²) in [4.78, 5) is 16.4. The molecular weight excluding hydrogens is 448 g/mol. The number of carbonyl (C=O) groups excluding carboxylic acids is 1. The highest BCUT2D eigenvalue weighted by molar-refractivity contribution is 14.1. The normalized spacial score (nSPS) is 10.7. The number of amides is 1. The zero-order chi connectivity index (χ0) is 18.5. The molecule has 3 rings (SSSR count). The third kappa shape index (κ3) is 4.87. The molecule has 0 fully saturated rings. The maximum Gasteiger partial charge on any atom is 0.226 e. The monoisotopic (exact) mass is 465 g/mol. The van der Waals surface area contributed by atoms with E-state index in [4.69, 9.17) is 4.52 Å². The van der Waals surface area contributed by atoms with Gasteiger partial charge in [-0.1, -0.05) is 5.16 Å². The molecule has 3 aromatic rings. The first-order valence-corrected chi connectivity index (χ1v) is 9.23. The number of halogens is 2. The first kappa shape index (κ1) is 18.5. The molecule has 1 N–H and O–H groups in total.